The highest BCUT2D eigenvalue weighted by Crippen LogP contribution is 2.38. The summed E-state index contributed by atoms with van der Waals surface area (Å²) in [5.41, 5.74) is 2.16. The lowest BCUT2D eigenvalue weighted by Crippen LogP contribution is -2.02. The van der Waals surface area contributed by atoms with Gasteiger partial charge in [0.05, 0.1) is 21.7 Å². The van der Waals surface area contributed by atoms with Crippen LogP contribution in [0.15, 0.2) is 35.5 Å². The lowest BCUT2D eigenvalue weighted by atomic mass is 10.1. The Bertz CT molecular complexity index is 997. The van der Waals surface area contributed by atoms with Crippen LogP contribution in [0.1, 0.15) is 17.0 Å². The minimum Gasteiger partial charge on any atom is -0.411 e. The van der Waals surface area contributed by atoms with Crippen molar-refractivity contribution in [3.05, 3.63) is 67.4 Å². The Kier molecular flexibility index (Phi) is 4.61. The highest BCUT2D eigenvalue weighted by Gasteiger charge is 2.25. The Hall–Kier alpha value is -2.64. The summed E-state index contributed by atoms with van der Waals surface area (Å²) in [5, 5.41) is 22.9. The van der Waals surface area contributed by atoms with Gasteiger partial charge in [-0.1, -0.05) is 52.6 Å². The molecule has 0 fully saturated rings. The molecule has 0 atom stereocenters. The number of aryl methyl sites for hydroxylation is 1. The van der Waals surface area contributed by atoms with E-state index in [-0.39, 0.29) is 21.2 Å². The molecular formula is C16H12Cl2N4O3. The molecule has 0 bridgehead atoms. The fourth-order valence-corrected chi connectivity index (χ4v) is 3.03. The highest BCUT2D eigenvalue weighted by molar-refractivity contribution is 6.44. The van der Waals surface area contributed by atoms with Crippen LogP contribution in [-0.2, 0) is 6.54 Å². The van der Waals surface area contributed by atoms with Gasteiger partial charge < -0.3 is 9.77 Å². The van der Waals surface area contributed by atoms with E-state index in [1.165, 1.54) is 6.21 Å². The van der Waals surface area contributed by atoms with Crippen LogP contribution < -0.4 is 0 Å². The van der Waals surface area contributed by atoms with E-state index >= 15 is 0 Å². The average Bonchev–Trinajstić information content (AvgIpc) is 2.86. The van der Waals surface area contributed by atoms with E-state index in [0.29, 0.717) is 17.9 Å². The first kappa shape index (κ1) is 17.2. The Morgan fingerprint density at radius 3 is 2.64 bits per heavy atom. The van der Waals surface area contributed by atoms with Crippen molar-refractivity contribution in [3.63, 3.8) is 0 Å². The van der Waals surface area contributed by atoms with Crippen LogP contribution in [0.3, 0.4) is 0 Å². The summed E-state index contributed by atoms with van der Waals surface area (Å²) < 4.78 is 1.83. The number of rotatable bonds is 4. The minimum absolute atomic E-state index is 0.108. The summed E-state index contributed by atoms with van der Waals surface area (Å²) >= 11 is 12.0. The summed E-state index contributed by atoms with van der Waals surface area (Å²) in [6, 6.07) is 8.92. The van der Waals surface area contributed by atoms with Crippen molar-refractivity contribution in [1.82, 2.24) is 9.55 Å². The molecule has 1 aromatic heterocycles. The number of nitro benzene ring substituents is 1. The zero-order valence-corrected chi connectivity index (χ0v) is 14.5. The van der Waals surface area contributed by atoms with Gasteiger partial charge in [0, 0.05) is 6.54 Å². The third-order valence-corrected chi connectivity index (χ3v) is 4.59. The molecule has 0 radical (unpaired) electrons. The van der Waals surface area contributed by atoms with E-state index in [4.69, 9.17) is 28.4 Å². The number of nitro groups is 1. The van der Waals surface area contributed by atoms with Gasteiger partial charge in [-0.05, 0) is 24.1 Å². The second-order valence-electron chi connectivity index (χ2n) is 5.38. The van der Waals surface area contributed by atoms with Crippen LogP contribution in [0.2, 0.25) is 10.0 Å². The molecule has 0 amide bonds. The van der Waals surface area contributed by atoms with Crippen molar-refractivity contribution in [2.75, 3.05) is 0 Å². The van der Waals surface area contributed by atoms with E-state index < -0.39 is 4.92 Å². The Morgan fingerprint density at radius 2 is 2.04 bits per heavy atom. The third kappa shape index (κ3) is 3.16. The van der Waals surface area contributed by atoms with Crippen LogP contribution >= 0.6 is 23.2 Å². The minimum atomic E-state index is -0.573. The van der Waals surface area contributed by atoms with Crippen molar-refractivity contribution >= 4 is 46.1 Å². The third-order valence-electron chi connectivity index (χ3n) is 3.81. The molecule has 7 nitrogen and oxygen atoms in total. The van der Waals surface area contributed by atoms with Gasteiger partial charge in [-0.15, -0.1) is 0 Å². The first-order valence-corrected chi connectivity index (χ1v) is 7.93. The first-order chi connectivity index (χ1) is 11.9. The number of oxime groups is 1. The molecule has 3 aromatic rings. The molecule has 2 aromatic carbocycles. The number of aromatic nitrogens is 2. The van der Waals surface area contributed by atoms with E-state index in [1.807, 2.05) is 16.7 Å². The molecule has 0 spiro atoms. The van der Waals surface area contributed by atoms with E-state index in [9.17, 15) is 10.1 Å². The van der Waals surface area contributed by atoms with Crippen molar-refractivity contribution in [2.24, 2.45) is 5.16 Å². The molecule has 3 rings (SSSR count). The fraction of sp³-hybridized carbons (Fsp3) is 0.125. The maximum atomic E-state index is 11.3. The number of benzene rings is 2. The lowest BCUT2D eigenvalue weighted by Gasteiger charge is -2.08. The van der Waals surface area contributed by atoms with Crippen molar-refractivity contribution in [2.45, 2.75) is 13.5 Å². The second-order valence-corrected chi connectivity index (χ2v) is 6.16. The number of hydrogen-bond donors (Lipinski definition) is 1. The lowest BCUT2D eigenvalue weighted by molar-refractivity contribution is -0.383. The van der Waals surface area contributed by atoms with Crippen LogP contribution in [0.25, 0.3) is 11.0 Å². The molecule has 9 heteroatoms. The molecule has 0 aliphatic heterocycles. The van der Waals surface area contributed by atoms with Gasteiger partial charge in [-0.2, -0.15) is 0 Å². The predicted octanol–water partition coefficient (Wildman–Crippen LogP) is 4.42. The number of hydrogen-bond acceptors (Lipinski definition) is 5. The zero-order valence-electron chi connectivity index (χ0n) is 13.0. The maximum Gasteiger partial charge on any atom is 0.317 e. The fourth-order valence-electron chi connectivity index (χ4n) is 2.63. The summed E-state index contributed by atoms with van der Waals surface area (Å²) in [6.45, 7) is 2.21. The normalized spacial score (nSPS) is 11.5. The van der Waals surface area contributed by atoms with Crippen LogP contribution in [0.4, 0.5) is 5.69 Å². The Morgan fingerprint density at radius 1 is 1.36 bits per heavy atom. The topological polar surface area (TPSA) is 93.5 Å². The molecule has 0 saturated heterocycles. The van der Waals surface area contributed by atoms with Crippen LogP contribution in [0.5, 0.6) is 0 Å². The SMILES string of the molecule is Cc1nc2c([N+](=O)[O-])c(Cl)c(Cl)cc2n1Cc1ccc(C=NO)cc1. The van der Waals surface area contributed by atoms with Gasteiger partial charge >= 0.3 is 5.69 Å². The molecule has 1 N–H and O–H groups in total. The molecule has 0 aliphatic rings. The summed E-state index contributed by atoms with van der Waals surface area (Å²) in [6.07, 6.45) is 1.33. The molecule has 25 heavy (non-hydrogen) atoms. The molecular weight excluding hydrogens is 367 g/mol. The second kappa shape index (κ2) is 6.70. The predicted molar refractivity (Wildman–Crippen MR) is 96.1 cm³/mol. The molecule has 0 aliphatic carbocycles. The van der Waals surface area contributed by atoms with Crippen LogP contribution in [0, 0.1) is 17.0 Å². The van der Waals surface area contributed by atoms with E-state index in [1.54, 1.807) is 25.1 Å². The Balaban J connectivity index is 2.10. The van der Waals surface area contributed by atoms with Gasteiger partial charge in [0.2, 0.25) is 0 Å². The van der Waals surface area contributed by atoms with Gasteiger partial charge in [-0.3, -0.25) is 10.1 Å². The number of fused-ring (bicyclic) bond motifs is 1. The van der Waals surface area contributed by atoms with E-state index in [0.717, 1.165) is 11.1 Å². The first-order valence-electron chi connectivity index (χ1n) is 7.18. The molecule has 128 valence electrons. The van der Waals surface area contributed by atoms with E-state index in [2.05, 4.69) is 10.1 Å². The number of nitrogens with zero attached hydrogens (tertiary/aromatic N) is 4. The quantitative estimate of drug-likeness (QED) is 0.314. The monoisotopic (exact) mass is 378 g/mol. The number of imidazole rings is 1. The molecule has 0 unspecified atom stereocenters. The Labute approximate surface area is 152 Å². The van der Waals surface area contributed by atoms with Crippen molar-refractivity contribution in [3.8, 4) is 0 Å². The van der Waals surface area contributed by atoms with Crippen LogP contribution in [-0.4, -0.2) is 25.9 Å². The van der Waals surface area contributed by atoms with Gasteiger partial charge in [0.15, 0.2) is 5.52 Å². The highest BCUT2D eigenvalue weighted by atomic mass is 35.5. The summed E-state index contributed by atoms with van der Waals surface area (Å²) in [5.74, 6) is 0.609. The van der Waals surface area contributed by atoms with Gasteiger partial charge in [0.1, 0.15) is 10.8 Å². The summed E-state index contributed by atoms with van der Waals surface area (Å²) in [4.78, 5) is 15.1. The largest absolute Gasteiger partial charge is 0.411 e. The van der Waals surface area contributed by atoms with Crippen molar-refractivity contribution < 1.29 is 10.1 Å². The number of halogens is 2. The van der Waals surface area contributed by atoms with Gasteiger partial charge in [0.25, 0.3) is 0 Å². The maximum absolute atomic E-state index is 11.3. The smallest absolute Gasteiger partial charge is 0.317 e. The molecule has 0 saturated carbocycles. The zero-order chi connectivity index (χ0) is 18.1. The van der Waals surface area contributed by atoms with Crippen molar-refractivity contribution in [1.29, 1.82) is 0 Å². The van der Waals surface area contributed by atoms with Gasteiger partial charge in [-0.25, -0.2) is 4.98 Å². The standard InChI is InChI=1S/C16H12Cl2N4O3/c1-9-20-15-13(6-12(17)14(18)16(15)22(24)25)21(9)8-11-4-2-10(3-5-11)7-19-23/h2-7,23H,8H2,1H3. The average molecular weight is 379 g/mol. The molecule has 1 heterocycles. The summed E-state index contributed by atoms with van der Waals surface area (Å²) in [7, 11) is 0.